The highest BCUT2D eigenvalue weighted by atomic mass is 19.1. The molecule has 1 saturated heterocycles. The third-order valence-electron chi connectivity index (χ3n) is 3.62. The lowest BCUT2D eigenvalue weighted by atomic mass is 9.98. The van der Waals surface area contributed by atoms with E-state index >= 15 is 0 Å². The highest BCUT2D eigenvalue weighted by Crippen LogP contribution is 2.19. The lowest BCUT2D eigenvalue weighted by molar-refractivity contribution is 0.115. The van der Waals surface area contributed by atoms with Gasteiger partial charge in [0.1, 0.15) is 12.4 Å². The Morgan fingerprint density at radius 2 is 2.20 bits per heavy atom. The standard InChI is InChI=1S/C16H20FNO2/c17-16-9-13(4-2-8-19)5-6-15(16)11-18-7-1-3-14(10-18)12-20/h5-6,9,14,19-20H,1,3,7-8,10-12H2. The number of likely N-dealkylation sites (tertiary alicyclic amines) is 1. The summed E-state index contributed by atoms with van der Waals surface area (Å²) in [5.74, 6) is 5.25. The van der Waals surface area contributed by atoms with Gasteiger partial charge in [0.15, 0.2) is 0 Å². The third kappa shape index (κ3) is 4.04. The van der Waals surface area contributed by atoms with Crippen molar-refractivity contribution in [2.45, 2.75) is 19.4 Å². The molecule has 3 nitrogen and oxygen atoms in total. The molecule has 1 aromatic rings. The van der Waals surface area contributed by atoms with Gasteiger partial charge in [-0.1, -0.05) is 17.9 Å². The van der Waals surface area contributed by atoms with E-state index in [0.717, 1.165) is 25.9 Å². The number of hydrogen-bond acceptors (Lipinski definition) is 3. The minimum absolute atomic E-state index is 0.203. The van der Waals surface area contributed by atoms with Crippen LogP contribution < -0.4 is 0 Å². The first-order valence-corrected chi connectivity index (χ1v) is 6.94. The van der Waals surface area contributed by atoms with Crippen LogP contribution in [0.4, 0.5) is 4.39 Å². The summed E-state index contributed by atoms with van der Waals surface area (Å²) < 4.78 is 14.0. The van der Waals surface area contributed by atoms with Crippen molar-refractivity contribution in [1.29, 1.82) is 0 Å². The maximum atomic E-state index is 14.0. The predicted octanol–water partition coefficient (Wildman–Crippen LogP) is 1.37. The van der Waals surface area contributed by atoms with E-state index in [-0.39, 0.29) is 19.0 Å². The second kappa shape index (κ2) is 7.39. The monoisotopic (exact) mass is 277 g/mol. The summed E-state index contributed by atoms with van der Waals surface area (Å²) in [5.41, 5.74) is 1.23. The van der Waals surface area contributed by atoms with Crippen LogP contribution in [-0.2, 0) is 6.54 Å². The minimum atomic E-state index is -0.263. The van der Waals surface area contributed by atoms with Crippen molar-refractivity contribution >= 4 is 0 Å². The number of halogens is 1. The fourth-order valence-electron chi connectivity index (χ4n) is 2.58. The summed E-state index contributed by atoms with van der Waals surface area (Å²) in [7, 11) is 0. The Hall–Kier alpha value is -1.41. The van der Waals surface area contributed by atoms with Gasteiger partial charge in [-0.2, -0.15) is 0 Å². The normalized spacial score (nSPS) is 19.4. The van der Waals surface area contributed by atoms with Gasteiger partial charge in [-0.15, -0.1) is 0 Å². The maximum Gasteiger partial charge on any atom is 0.128 e. The Morgan fingerprint density at radius 1 is 1.35 bits per heavy atom. The van der Waals surface area contributed by atoms with Crippen LogP contribution in [0.3, 0.4) is 0 Å². The highest BCUT2D eigenvalue weighted by molar-refractivity contribution is 5.37. The van der Waals surface area contributed by atoms with Crippen LogP contribution in [0.5, 0.6) is 0 Å². The Balaban J connectivity index is 2.02. The smallest absolute Gasteiger partial charge is 0.128 e. The summed E-state index contributed by atoms with van der Waals surface area (Å²) in [6.07, 6.45) is 2.10. The Labute approximate surface area is 119 Å². The zero-order valence-corrected chi connectivity index (χ0v) is 11.5. The van der Waals surface area contributed by atoms with Crippen molar-refractivity contribution in [3.8, 4) is 11.8 Å². The van der Waals surface area contributed by atoms with Crippen molar-refractivity contribution in [3.63, 3.8) is 0 Å². The zero-order chi connectivity index (χ0) is 14.4. The quantitative estimate of drug-likeness (QED) is 0.820. The van der Waals surface area contributed by atoms with Crippen LogP contribution >= 0.6 is 0 Å². The summed E-state index contributed by atoms with van der Waals surface area (Å²) >= 11 is 0. The van der Waals surface area contributed by atoms with Crippen LogP contribution in [0.25, 0.3) is 0 Å². The SMILES string of the molecule is OCC#Cc1ccc(CN2CCCC(CO)C2)c(F)c1. The molecule has 1 aliphatic rings. The number of hydrogen-bond donors (Lipinski definition) is 2. The number of aliphatic hydroxyl groups is 2. The Bertz CT molecular complexity index is 507. The molecular formula is C16H20FNO2. The largest absolute Gasteiger partial charge is 0.396 e. The fourth-order valence-corrected chi connectivity index (χ4v) is 2.58. The molecule has 2 N–H and O–H groups in total. The van der Waals surface area contributed by atoms with Crippen LogP contribution in [0.15, 0.2) is 18.2 Å². The lowest BCUT2D eigenvalue weighted by Crippen LogP contribution is -2.36. The average Bonchev–Trinajstić information content (AvgIpc) is 2.48. The molecule has 1 unspecified atom stereocenters. The van der Waals surface area contributed by atoms with Gasteiger partial charge in [-0.3, -0.25) is 4.90 Å². The summed E-state index contributed by atoms with van der Waals surface area (Å²) in [4.78, 5) is 2.18. The first kappa shape index (κ1) is 15.0. The molecule has 0 aromatic heterocycles. The first-order valence-electron chi connectivity index (χ1n) is 6.94. The molecule has 0 amide bonds. The van der Waals surface area contributed by atoms with Gasteiger partial charge in [0, 0.05) is 30.8 Å². The van der Waals surface area contributed by atoms with E-state index in [1.807, 2.05) is 0 Å². The highest BCUT2D eigenvalue weighted by Gasteiger charge is 2.20. The topological polar surface area (TPSA) is 43.7 Å². The summed E-state index contributed by atoms with van der Waals surface area (Å²) in [5, 5.41) is 17.8. The molecule has 0 radical (unpaired) electrons. The first-order chi connectivity index (χ1) is 9.72. The minimum Gasteiger partial charge on any atom is -0.396 e. The van der Waals surface area contributed by atoms with E-state index in [0.29, 0.717) is 23.6 Å². The zero-order valence-electron chi connectivity index (χ0n) is 11.5. The molecule has 20 heavy (non-hydrogen) atoms. The van der Waals surface area contributed by atoms with Crippen molar-refractivity contribution in [2.24, 2.45) is 5.92 Å². The van der Waals surface area contributed by atoms with Crippen LogP contribution in [0.2, 0.25) is 0 Å². The molecule has 1 atom stereocenters. The van der Waals surface area contributed by atoms with E-state index in [9.17, 15) is 9.50 Å². The number of benzene rings is 1. The van der Waals surface area contributed by atoms with Gasteiger partial charge in [-0.25, -0.2) is 4.39 Å². The van der Waals surface area contributed by atoms with E-state index in [1.165, 1.54) is 6.07 Å². The predicted molar refractivity (Wildman–Crippen MR) is 75.5 cm³/mol. The van der Waals surface area contributed by atoms with Crippen molar-refractivity contribution in [1.82, 2.24) is 4.90 Å². The summed E-state index contributed by atoms with van der Waals surface area (Å²) in [6.45, 7) is 2.31. The lowest BCUT2D eigenvalue weighted by Gasteiger charge is -2.31. The molecule has 1 aromatic carbocycles. The van der Waals surface area contributed by atoms with Gasteiger partial charge in [0.25, 0.3) is 0 Å². The molecule has 0 saturated carbocycles. The Morgan fingerprint density at radius 3 is 2.90 bits per heavy atom. The maximum absolute atomic E-state index is 14.0. The van der Waals surface area contributed by atoms with E-state index < -0.39 is 0 Å². The van der Waals surface area contributed by atoms with Gasteiger partial charge >= 0.3 is 0 Å². The van der Waals surface area contributed by atoms with Gasteiger partial charge in [-0.05, 0) is 37.4 Å². The second-order valence-electron chi connectivity index (χ2n) is 5.19. The second-order valence-corrected chi connectivity index (χ2v) is 5.19. The molecule has 1 heterocycles. The molecule has 0 aliphatic carbocycles. The van der Waals surface area contributed by atoms with E-state index in [2.05, 4.69) is 16.7 Å². The van der Waals surface area contributed by atoms with Crippen LogP contribution in [0.1, 0.15) is 24.0 Å². The molecule has 4 heteroatoms. The van der Waals surface area contributed by atoms with Gasteiger partial charge < -0.3 is 10.2 Å². The molecule has 108 valence electrons. The molecular weight excluding hydrogens is 257 g/mol. The number of aliphatic hydroxyl groups excluding tert-OH is 2. The number of rotatable bonds is 3. The van der Waals surface area contributed by atoms with E-state index in [4.69, 9.17) is 5.11 Å². The van der Waals surface area contributed by atoms with Crippen molar-refractivity contribution < 1.29 is 14.6 Å². The van der Waals surface area contributed by atoms with Crippen LogP contribution in [0, 0.1) is 23.6 Å². The van der Waals surface area contributed by atoms with Gasteiger partial charge in [0.05, 0.1) is 0 Å². The van der Waals surface area contributed by atoms with Crippen molar-refractivity contribution in [2.75, 3.05) is 26.3 Å². The Kier molecular flexibility index (Phi) is 5.54. The van der Waals surface area contributed by atoms with Gasteiger partial charge in [0.2, 0.25) is 0 Å². The molecule has 0 bridgehead atoms. The van der Waals surface area contributed by atoms with Crippen molar-refractivity contribution in [3.05, 3.63) is 35.1 Å². The number of piperidine rings is 1. The average molecular weight is 277 g/mol. The molecule has 1 fully saturated rings. The molecule has 0 spiro atoms. The fraction of sp³-hybridized carbons (Fsp3) is 0.500. The van der Waals surface area contributed by atoms with E-state index in [1.54, 1.807) is 12.1 Å². The molecule has 1 aliphatic heterocycles. The third-order valence-corrected chi connectivity index (χ3v) is 3.62. The summed E-state index contributed by atoms with van der Waals surface area (Å²) in [6, 6.07) is 4.93. The van der Waals surface area contributed by atoms with Crippen LogP contribution in [-0.4, -0.2) is 41.4 Å². The molecule has 2 rings (SSSR count). The number of nitrogens with zero attached hydrogens (tertiary/aromatic N) is 1.